The molecule has 0 bridgehead atoms. The summed E-state index contributed by atoms with van der Waals surface area (Å²) in [7, 11) is 0. The number of rotatable bonds is 2. The number of fused-ring (bicyclic) bond motifs is 1. The molecule has 0 saturated heterocycles. The van der Waals surface area contributed by atoms with Crippen molar-refractivity contribution in [2.75, 3.05) is 0 Å². The van der Waals surface area contributed by atoms with Crippen LogP contribution in [0.3, 0.4) is 0 Å². The fourth-order valence-electron chi connectivity index (χ4n) is 1.83. The molecule has 0 spiro atoms. The van der Waals surface area contributed by atoms with Gasteiger partial charge in [0, 0.05) is 18.1 Å². The molecule has 0 aromatic carbocycles. The molecule has 0 aliphatic carbocycles. The molecule has 0 aliphatic rings. The Balaban J connectivity index is 2.74. The minimum atomic E-state index is 0.490. The smallest absolute Gasteiger partial charge is 0.181 e. The second-order valence-corrected chi connectivity index (χ2v) is 3.73. The first-order valence-electron chi connectivity index (χ1n) is 5.05. The largest absolute Gasteiger partial charge is 0.267 e. The molecule has 0 fully saturated rings. The van der Waals surface area contributed by atoms with Crippen molar-refractivity contribution in [3.05, 3.63) is 24.0 Å². The van der Waals surface area contributed by atoms with Crippen LogP contribution in [0.15, 0.2) is 18.3 Å². The van der Waals surface area contributed by atoms with E-state index >= 15 is 0 Å². The minimum Gasteiger partial charge on any atom is -0.267 e. The molecule has 3 heteroatoms. The van der Waals surface area contributed by atoms with Gasteiger partial charge in [0.25, 0.3) is 0 Å². The molecule has 2 aromatic rings. The van der Waals surface area contributed by atoms with E-state index in [9.17, 15) is 0 Å². The number of hydrogen-bond acceptors (Lipinski definition) is 2. The lowest BCUT2D eigenvalue weighted by Gasteiger charge is -2.07. The number of aromatic nitrogens is 3. The van der Waals surface area contributed by atoms with Crippen molar-refractivity contribution in [2.24, 2.45) is 0 Å². The van der Waals surface area contributed by atoms with E-state index in [0.29, 0.717) is 5.92 Å². The van der Waals surface area contributed by atoms with Crippen LogP contribution in [0.25, 0.3) is 11.0 Å². The molecule has 2 rings (SSSR count). The quantitative estimate of drug-likeness (QED) is 0.727. The lowest BCUT2D eigenvalue weighted by molar-refractivity contribution is 0.604. The molecule has 2 heterocycles. The zero-order valence-corrected chi connectivity index (χ0v) is 8.86. The second kappa shape index (κ2) is 3.40. The van der Waals surface area contributed by atoms with Gasteiger partial charge in [0.15, 0.2) is 5.65 Å². The van der Waals surface area contributed by atoms with Crippen molar-refractivity contribution in [3.63, 3.8) is 0 Å². The molecular formula is C11H15N3. The fourth-order valence-corrected chi connectivity index (χ4v) is 1.83. The van der Waals surface area contributed by atoms with E-state index in [2.05, 4.69) is 36.9 Å². The van der Waals surface area contributed by atoms with Crippen LogP contribution in [0.2, 0.25) is 0 Å². The Morgan fingerprint density at radius 1 is 1.43 bits per heavy atom. The van der Waals surface area contributed by atoms with Gasteiger partial charge in [-0.3, -0.25) is 4.68 Å². The van der Waals surface area contributed by atoms with Crippen LogP contribution >= 0.6 is 0 Å². The third-order valence-electron chi connectivity index (χ3n) is 2.40. The predicted molar refractivity (Wildman–Crippen MR) is 57.3 cm³/mol. The third kappa shape index (κ3) is 1.29. The zero-order chi connectivity index (χ0) is 10.1. The highest BCUT2D eigenvalue weighted by molar-refractivity contribution is 5.78. The normalized spacial score (nSPS) is 11.4. The van der Waals surface area contributed by atoms with Gasteiger partial charge in [0.1, 0.15) is 0 Å². The SMILES string of the molecule is CCn1nc2ncccc2c1C(C)C. The minimum absolute atomic E-state index is 0.490. The van der Waals surface area contributed by atoms with Gasteiger partial charge < -0.3 is 0 Å². The number of nitrogens with zero attached hydrogens (tertiary/aromatic N) is 3. The maximum atomic E-state index is 4.46. The van der Waals surface area contributed by atoms with E-state index in [4.69, 9.17) is 0 Å². The summed E-state index contributed by atoms with van der Waals surface area (Å²) in [4.78, 5) is 4.26. The van der Waals surface area contributed by atoms with Gasteiger partial charge in [-0.15, -0.1) is 0 Å². The topological polar surface area (TPSA) is 30.7 Å². The maximum absolute atomic E-state index is 4.46. The van der Waals surface area contributed by atoms with E-state index in [1.807, 2.05) is 10.7 Å². The standard InChI is InChI=1S/C11H15N3/c1-4-14-10(8(2)3)9-6-5-7-12-11(9)13-14/h5-8H,4H2,1-3H3. The van der Waals surface area contributed by atoms with Crippen LogP contribution in [0.1, 0.15) is 32.4 Å². The highest BCUT2D eigenvalue weighted by atomic mass is 15.3. The van der Waals surface area contributed by atoms with Gasteiger partial charge in [-0.1, -0.05) is 13.8 Å². The summed E-state index contributed by atoms with van der Waals surface area (Å²) in [6, 6.07) is 4.06. The molecule has 2 aromatic heterocycles. The predicted octanol–water partition coefficient (Wildman–Crippen LogP) is 2.57. The lowest BCUT2D eigenvalue weighted by atomic mass is 10.1. The molecule has 0 radical (unpaired) electrons. The molecule has 74 valence electrons. The van der Waals surface area contributed by atoms with Gasteiger partial charge in [-0.25, -0.2) is 4.98 Å². The van der Waals surface area contributed by atoms with E-state index in [1.54, 1.807) is 6.20 Å². The van der Waals surface area contributed by atoms with Crippen molar-refractivity contribution < 1.29 is 0 Å². The molecule has 0 unspecified atom stereocenters. The molecule has 14 heavy (non-hydrogen) atoms. The van der Waals surface area contributed by atoms with Crippen LogP contribution in [0, 0.1) is 0 Å². The number of pyridine rings is 1. The van der Waals surface area contributed by atoms with E-state index in [-0.39, 0.29) is 0 Å². The summed E-state index contributed by atoms with van der Waals surface area (Å²) >= 11 is 0. The molecule has 0 N–H and O–H groups in total. The van der Waals surface area contributed by atoms with E-state index in [0.717, 1.165) is 12.2 Å². The van der Waals surface area contributed by atoms with E-state index in [1.165, 1.54) is 11.1 Å². The van der Waals surface area contributed by atoms with E-state index < -0.39 is 0 Å². The maximum Gasteiger partial charge on any atom is 0.181 e. The first kappa shape index (κ1) is 9.19. The Bertz CT molecular complexity index is 443. The molecule has 0 amide bonds. The van der Waals surface area contributed by atoms with Crippen LogP contribution < -0.4 is 0 Å². The Kier molecular flexibility index (Phi) is 2.23. The van der Waals surface area contributed by atoms with Gasteiger partial charge in [0.2, 0.25) is 0 Å². The highest BCUT2D eigenvalue weighted by Gasteiger charge is 2.12. The van der Waals surface area contributed by atoms with Gasteiger partial charge in [0.05, 0.1) is 5.69 Å². The number of aryl methyl sites for hydroxylation is 1. The lowest BCUT2D eigenvalue weighted by Crippen LogP contribution is -2.03. The molecule has 0 aliphatic heterocycles. The van der Waals surface area contributed by atoms with Crippen molar-refractivity contribution in [1.82, 2.24) is 14.8 Å². The number of hydrogen-bond donors (Lipinski definition) is 0. The van der Waals surface area contributed by atoms with Crippen LogP contribution in [-0.4, -0.2) is 14.8 Å². The first-order valence-corrected chi connectivity index (χ1v) is 5.05. The van der Waals surface area contributed by atoms with Crippen molar-refractivity contribution >= 4 is 11.0 Å². The molecule has 3 nitrogen and oxygen atoms in total. The summed E-state index contributed by atoms with van der Waals surface area (Å²) in [6.45, 7) is 7.40. The average Bonchev–Trinajstić information content (AvgIpc) is 2.55. The summed E-state index contributed by atoms with van der Waals surface area (Å²) in [5, 5.41) is 5.64. The Labute approximate surface area is 83.8 Å². The first-order chi connectivity index (χ1) is 6.74. The molecule has 0 atom stereocenters. The second-order valence-electron chi connectivity index (χ2n) is 3.73. The summed E-state index contributed by atoms with van der Waals surface area (Å²) in [5.74, 6) is 0.490. The Morgan fingerprint density at radius 2 is 2.21 bits per heavy atom. The Hall–Kier alpha value is -1.38. The zero-order valence-electron chi connectivity index (χ0n) is 8.86. The molecule has 0 saturated carbocycles. The van der Waals surface area contributed by atoms with Crippen molar-refractivity contribution in [3.8, 4) is 0 Å². The van der Waals surface area contributed by atoms with Crippen LogP contribution in [-0.2, 0) is 6.54 Å². The van der Waals surface area contributed by atoms with Gasteiger partial charge >= 0.3 is 0 Å². The fraction of sp³-hybridized carbons (Fsp3) is 0.455. The monoisotopic (exact) mass is 189 g/mol. The van der Waals surface area contributed by atoms with Gasteiger partial charge in [-0.05, 0) is 25.0 Å². The molecular weight excluding hydrogens is 174 g/mol. The van der Waals surface area contributed by atoms with Crippen molar-refractivity contribution in [1.29, 1.82) is 0 Å². The third-order valence-corrected chi connectivity index (χ3v) is 2.40. The van der Waals surface area contributed by atoms with Gasteiger partial charge in [-0.2, -0.15) is 5.10 Å². The summed E-state index contributed by atoms with van der Waals surface area (Å²) < 4.78 is 2.04. The summed E-state index contributed by atoms with van der Waals surface area (Å²) in [5.41, 5.74) is 2.15. The Morgan fingerprint density at radius 3 is 2.86 bits per heavy atom. The average molecular weight is 189 g/mol. The highest BCUT2D eigenvalue weighted by Crippen LogP contribution is 2.23. The van der Waals surface area contributed by atoms with Crippen LogP contribution in [0.4, 0.5) is 0 Å². The van der Waals surface area contributed by atoms with Crippen LogP contribution in [0.5, 0.6) is 0 Å². The van der Waals surface area contributed by atoms with Crippen molar-refractivity contribution in [2.45, 2.75) is 33.2 Å². The summed E-state index contributed by atoms with van der Waals surface area (Å²) in [6.07, 6.45) is 1.79.